The van der Waals surface area contributed by atoms with Crippen molar-refractivity contribution in [2.45, 2.75) is 50.2 Å². The van der Waals surface area contributed by atoms with Gasteiger partial charge in [-0.2, -0.15) is 5.10 Å². The van der Waals surface area contributed by atoms with E-state index < -0.39 is 16.1 Å². The molecule has 2 N–H and O–H groups in total. The van der Waals surface area contributed by atoms with E-state index in [0.717, 1.165) is 42.5 Å². The molecule has 9 nitrogen and oxygen atoms in total. The molecule has 0 spiro atoms. The summed E-state index contributed by atoms with van der Waals surface area (Å²) >= 11 is 0. The molecule has 29 heavy (non-hydrogen) atoms. The average molecular weight is 418 g/mol. The topological polar surface area (TPSA) is 112 Å². The maximum atomic E-state index is 12.8. The van der Waals surface area contributed by atoms with Crippen molar-refractivity contribution in [3.8, 4) is 5.88 Å². The summed E-state index contributed by atoms with van der Waals surface area (Å²) in [7, 11) is -4.13. The largest absolute Gasteiger partial charge is 0.474 e. The Morgan fingerprint density at radius 3 is 2.62 bits per heavy atom. The van der Waals surface area contributed by atoms with Gasteiger partial charge in [0.25, 0.3) is 10.0 Å². The number of benzene rings is 1. The van der Waals surface area contributed by atoms with E-state index in [-0.39, 0.29) is 23.5 Å². The van der Waals surface area contributed by atoms with Crippen LogP contribution < -0.4 is 14.8 Å². The summed E-state index contributed by atoms with van der Waals surface area (Å²) in [5, 5.41) is 6.84. The molecule has 2 aliphatic carbocycles. The molecule has 2 amide bonds. The van der Waals surface area contributed by atoms with E-state index in [9.17, 15) is 13.2 Å². The van der Waals surface area contributed by atoms with Crippen LogP contribution in [0.2, 0.25) is 0 Å². The number of urea groups is 1. The van der Waals surface area contributed by atoms with E-state index in [4.69, 9.17) is 9.47 Å². The van der Waals surface area contributed by atoms with Crippen molar-refractivity contribution in [2.75, 3.05) is 18.5 Å². The SMILES string of the molecule is CCOC1COc2c(S(=O)(=O)NC(=O)Nc3c4c(cc5c3CC5)CC4)cnn2C1. The molecule has 10 heteroatoms. The third-order valence-electron chi connectivity index (χ3n) is 5.72. The van der Waals surface area contributed by atoms with Crippen molar-refractivity contribution in [1.82, 2.24) is 14.5 Å². The van der Waals surface area contributed by atoms with Crippen molar-refractivity contribution in [1.29, 1.82) is 0 Å². The van der Waals surface area contributed by atoms with Crippen molar-refractivity contribution < 1.29 is 22.7 Å². The molecule has 154 valence electrons. The molecule has 0 saturated heterocycles. The molecule has 5 rings (SSSR count). The van der Waals surface area contributed by atoms with Gasteiger partial charge in [0.05, 0.1) is 12.7 Å². The van der Waals surface area contributed by atoms with Crippen LogP contribution in [0.1, 0.15) is 29.2 Å². The predicted molar refractivity (Wildman–Crippen MR) is 104 cm³/mol. The number of rotatable bonds is 5. The standard InChI is InChI=1S/C19H22N4O5S/c1-2-27-13-9-23-18(28-10-13)16(8-20-23)29(25,26)22-19(24)21-17-14-5-3-11(14)7-12-4-6-15(12)17/h7-8,13H,2-6,9-10H2,1H3,(H2,21,22,24). The number of sulfonamides is 1. The number of fused-ring (bicyclic) bond motifs is 3. The van der Waals surface area contributed by atoms with E-state index in [1.165, 1.54) is 22.0 Å². The maximum Gasteiger partial charge on any atom is 0.333 e. The number of carbonyl (C=O) groups is 1. The van der Waals surface area contributed by atoms with Gasteiger partial charge in [-0.3, -0.25) is 0 Å². The second-order valence-corrected chi connectivity index (χ2v) is 9.12. The van der Waals surface area contributed by atoms with Gasteiger partial charge in [-0.05, 0) is 54.9 Å². The number of nitrogens with one attached hydrogen (secondary N) is 2. The minimum atomic E-state index is -4.13. The fourth-order valence-electron chi connectivity index (χ4n) is 4.11. The minimum absolute atomic E-state index is 0.120. The lowest BCUT2D eigenvalue weighted by molar-refractivity contribution is -0.00761. The van der Waals surface area contributed by atoms with Gasteiger partial charge < -0.3 is 14.8 Å². The first-order chi connectivity index (χ1) is 14.0. The molecular weight excluding hydrogens is 396 g/mol. The highest BCUT2D eigenvalue weighted by Crippen LogP contribution is 2.40. The molecule has 2 aromatic rings. The molecule has 0 radical (unpaired) electrons. The van der Waals surface area contributed by atoms with E-state index in [1.54, 1.807) is 0 Å². The van der Waals surface area contributed by atoms with Crippen molar-refractivity contribution in [2.24, 2.45) is 0 Å². The first kappa shape index (κ1) is 18.4. The van der Waals surface area contributed by atoms with Crippen molar-refractivity contribution >= 4 is 21.7 Å². The number of nitrogens with zero attached hydrogens (tertiary/aromatic N) is 2. The number of aryl methyl sites for hydroxylation is 2. The van der Waals surface area contributed by atoms with Gasteiger partial charge >= 0.3 is 6.03 Å². The lowest BCUT2D eigenvalue weighted by Gasteiger charge is -2.32. The highest BCUT2D eigenvalue weighted by molar-refractivity contribution is 7.90. The summed E-state index contributed by atoms with van der Waals surface area (Å²) in [6, 6.07) is 1.42. The lowest BCUT2D eigenvalue weighted by Crippen LogP contribution is -2.37. The first-order valence-electron chi connectivity index (χ1n) is 9.76. The van der Waals surface area contributed by atoms with Crippen LogP contribution in [-0.4, -0.2) is 43.5 Å². The van der Waals surface area contributed by atoms with Crippen LogP contribution in [0.15, 0.2) is 17.2 Å². The van der Waals surface area contributed by atoms with Gasteiger partial charge in [-0.25, -0.2) is 22.6 Å². The highest BCUT2D eigenvalue weighted by Gasteiger charge is 2.32. The van der Waals surface area contributed by atoms with Gasteiger partial charge in [0.1, 0.15) is 12.7 Å². The second-order valence-electron chi connectivity index (χ2n) is 7.47. The van der Waals surface area contributed by atoms with Crippen LogP contribution >= 0.6 is 0 Å². The van der Waals surface area contributed by atoms with Crippen LogP contribution in [0.3, 0.4) is 0 Å². The summed E-state index contributed by atoms with van der Waals surface area (Å²) in [5.41, 5.74) is 5.48. The van der Waals surface area contributed by atoms with Crippen LogP contribution in [0.25, 0.3) is 0 Å². The Labute approximate surface area is 168 Å². The molecular formula is C19H22N4O5S. The fraction of sp³-hybridized carbons (Fsp3) is 0.474. The summed E-state index contributed by atoms with van der Waals surface area (Å²) in [6.07, 6.45) is 4.81. The van der Waals surface area contributed by atoms with Gasteiger partial charge in [0, 0.05) is 12.3 Å². The predicted octanol–water partition coefficient (Wildman–Crippen LogP) is 1.39. The summed E-state index contributed by atoms with van der Waals surface area (Å²) in [6.45, 7) is 3.04. The zero-order valence-corrected chi connectivity index (χ0v) is 16.8. The molecule has 1 aliphatic heterocycles. The Morgan fingerprint density at radius 2 is 2.00 bits per heavy atom. The Bertz CT molecular complexity index is 1080. The number of hydrogen-bond acceptors (Lipinski definition) is 6. The Hall–Kier alpha value is -2.59. The summed E-state index contributed by atoms with van der Waals surface area (Å²) in [5.74, 6) is 0.120. The van der Waals surface area contributed by atoms with Crippen LogP contribution in [0.5, 0.6) is 5.88 Å². The quantitative estimate of drug-likeness (QED) is 0.759. The zero-order valence-electron chi connectivity index (χ0n) is 16.0. The molecule has 2 heterocycles. The number of ether oxygens (including phenoxy) is 2. The van der Waals surface area contributed by atoms with E-state index >= 15 is 0 Å². The highest BCUT2D eigenvalue weighted by atomic mass is 32.2. The van der Waals surface area contributed by atoms with E-state index in [1.807, 2.05) is 6.92 Å². The van der Waals surface area contributed by atoms with E-state index in [0.29, 0.717) is 13.2 Å². The first-order valence-corrected chi connectivity index (χ1v) is 11.2. The number of carbonyl (C=O) groups excluding carboxylic acids is 1. The molecule has 1 aromatic carbocycles. The van der Waals surface area contributed by atoms with Gasteiger partial charge in [-0.1, -0.05) is 6.07 Å². The third-order valence-corrected chi connectivity index (χ3v) is 7.03. The molecule has 1 atom stereocenters. The summed E-state index contributed by atoms with van der Waals surface area (Å²) in [4.78, 5) is 12.4. The van der Waals surface area contributed by atoms with Gasteiger partial charge in [0.15, 0.2) is 4.90 Å². The van der Waals surface area contributed by atoms with E-state index in [2.05, 4.69) is 21.2 Å². The summed E-state index contributed by atoms with van der Waals surface area (Å²) < 4.78 is 40.1. The Balaban J connectivity index is 1.33. The Morgan fingerprint density at radius 1 is 1.28 bits per heavy atom. The molecule has 0 bridgehead atoms. The maximum absolute atomic E-state index is 12.8. The molecule has 1 unspecified atom stereocenters. The van der Waals surface area contributed by atoms with Crippen LogP contribution in [0.4, 0.5) is 10.5 Å². The monoisotopic (exact) mass is 418 g/mol. The van der Waals surface area contributed by atoms with Crippen molar-refractivity contribution in [3.63, 3.8) is 0 Å². The van der Waals surface area contributed by atoms with Gasteiger partial charge in [-0.15, -0.1) is 0 Å². The van der Waals surface area contributed by atoms with Crippen LogP contribution in [0, 0.1) is 0 Å². The smallest absolute Gasteiger partial charge is 0.333 e. The lowest BCUT2D eigenvalue weighted by atomic mass is 9.76. The third kappa shape index (κ3) is 3.06. The Kier molecular flexibility index (Phi) is 4.28. The molecule has 1 aromatic heterocycles. The average Bonchev–Trinajstić information content (AvgIpc) is 3.03. The number of anilines is 1. The van der Waals surface area contributed by atoms with Crippen molar-refractivity contribution in [3.05, 3.63) is 34.5 Å². The number of aromatic nitrogens is 2. The second kappa shape index (κ2) is 6.74. The number of hydrogen-bond donors (Lipinski definition) is 2. The molecule has 0 fully saturated rings. The van der Waals surface area contributed by atoms with Gasteiger partial charge in [0.2, 0.25) is 5.88 Å². The molecule has 0 saturated carbocycles. The minimum Gasteiger partial charge on any atom is -0.474 e. The fourth-order valence-corrected chi connectivity index (χ4v) is 5.09. The van der Waals surface area contributed by atoms with Crippen LogP contribution in [-0.2, 0) is 47.0 Å². The number of amides is 2. The molecule has 3 aliphatic rings. The zero-order chi connectivity index (χ0) is 20.2. The normalized spacial score (nSPS) is 19.0.